The number of nitrogens with zero attached hydrogens (tertiary/aromatic N) is 1. The van der Waals surface area contributed by atoms with Gasteiger partial charge in [0.05, 0.1) is 5.92 Å². The summed E-state index contributed by atoms with van der Waals surface area (Å²) in [6.45, 7) is 3.61. The Bertz CT molecular complexity index is 1340. The summed E-state index contributed by atoms with van der Waals surface area (Å²) in [5.74, 6) is -0.521. The van der Waals surface area contributed by atoms with Crippen LogP contribution in [0.15, 0.2) is 77.4 Å². The van der Waals surface area contributed by atoms with Crippen molar-refractivity contribution in [1.29, 1.82) is 0 Å². The molecule has 4 rings (SSSR count). The highest BCUT2D eigenvalue weighted by molar-refractivity contribution is 9.10. The average molecular weight is 522 g/mol. The van der Waals surface area contributed by atoms with Crippen LogP contribution in [0.5, 0.6) is 0 Å². The van der Waals surface area contributed by atoms with E-state index in [1.165, 1.54) is 0 Å². The van der Waals surface area contributed by atoms with Crippen LogP contribution < -0.4 is 5.32 Å². The van der Waals surface area contributed by atoms with Gasteiger partial charge in [-0.3, -0.25) is 15.4 Å². The largest absolute Gasteiger partial charge is 0.444 e. The molecule has 0 fully saturated rings. The molecule has 2 N–H and O–H groups in total. The molecule has 0 bridgehead atoms. The Morgan fingerprint density at radius 2 is 1.88 bits per heavy atom. The van der Waals surface area contributed by atoms with Crippen molar-refractivity contribution in [3.8, 4) is 0 Å². The molecule has 0 radical (unpaired) electrons. The normalized spacial score (nSPS) is 12.8. The molecule has 2 atom stereocenters. The standard InChI is InChI=1S/C26H24BrN3O4/c1-16-20(9-6-10-23(16)29-26(31)34-15-18-7-4-3-5-8-18)25(17(2)30(32)33)22-14-28-24-13-19(27)11-12-21(22)24/h3-14,17,25,28H,15H2,1-2H3,(H,29,31). The number of H-pyrrole nitrogens is 1. The topological polar surface area (TPSA) is 97.3 Å². The lowest BCUT2D eigenvalue weighted by Gasteiger charge is -2.22. The summed E-state index contributed by atoms with van der Waals surface area (Å²) in [5, 5.41) is 15.6. The minimum Gasteiger partial charge on any atom is -0.444 e. The van der Waals surface area contributed by atoms with Crippen LogP contribution >= 0.6 is 15.9 Å². The monoisotopic (exact) mass is 521 g/mol. The van der Waals surface area contributed by atoms with Crippen molar-refractivity contribution in [2.24, 2.45) is 0 Å². The van der Waals surface area contributed by atoms with Gasteiger partial charge in [0.2, 0.25) is 6.04 Å². The molecule has 0 spiro atoms. The number of halogens is 1. The van der Waals surface area contributed by atoms with E-state index < -0.39 is 18.1 Å². The Labute approximate surface area is 205 Å². The fraction of sp³-hybridized carbons (Fsp3) is 0.192. The summed E-state index contributed by atoms with van der Waals surface area (Å²) >= 11 is 3.47. The third-order valence-electron chi connectivity index (χ3n) is 5.99. The maximum absolute atomic E-state index is 12.4. The van der Waals surface area contributed by atoms with E-state index in [1.54, 1.807) is 19.1 Å². The first kappa shape index (κ1) is 23.5. The molecule has 7 nitrogen and oxygen atoms in total. The molecule has 2 unspecified atom stereocenters. The Balaban J connectivity index is 1.65. The number of ether oxygens (including phenoxy) is 1. The number of hydrogen-bond acceptors (Lipinski definition) is 4. The van der Waals surface area contributed by atoms with Crippen LogP contribution in [0.1, 0.15) is 35.1 Å². The third kappa shape index (κ3) is 4.97. The molecule has 1 aromatic heterocycles. The van der Waals surface area contributed by atoms with Crippen molar-refractivity contribution in [1.82, 2.24) is 4.98 Å². The molecule has 8 heteroatoms. The number of amides is 1. The van der Waals surface area contributed by atoms with Crippen LogP contribution in [0.2, 0.25) is 0 Å². The van der Waals surface area contributed by atoms with E-state index >= 15 is 0 Å². The van der Waals surface area contributed by atoms with Crippen LogP contribution in [-0.4, -0.2) is 22.0 Å². The van der Waals surface area contributed by atoms with Gasteiger partial charge in [0, 0.05) is 39.1 Å². The Hall–Kier alpha value is -3.65. The van der Waals surface area contributed by atoms with Crippen molar-refractivity contribution in [2.45, 2.75) is 32.4 Å². The van der Waals surface area contributed by atoms with Crippen molar-refractivity contribution in [3.05, 3.63) is 110 Å². The highest BCUT2D eigenvalue weighted by atomic mass is 79.9. The number of aromatic nitrogens is 1. The highest BCUT2D eigenvalue weighted by Gasteiger charge is 2.33. The van der Waals surface area contributed by atoms with Gasteiger partial charge in [-0.05, 0) is 47.4 Å². The van der Waals surface area contributed by atoms with Crippen LogP contribution in [0.25, 0.3) is 10.9 Å². The minimum atomic E-state index is -0.887. The number of rotatable bonds is 7. The lowest BCUT2D eigenvalue weighted by molar-refractivity contribution is -0.520. The third-order valence-corrected chi connectivity index (χ3v) is 6.48. The van der Waals surface area contributed by atoms with Gasteiger partial charge >= 0.3 is 6.09 Å². The number of carbonyl (C=O) groups excluding carboxylic acids is 1. The van der Waals surface area contributed by atoms with E-state index in [0.717, 1.165) is 37.6 Å². The van der Waals surface area contributed by atoms with Crippen LogP contribution in [0, 0.1) is 17.0 Å². The van der Waals surface area contributed by atoms with Gasteiger partial charge in [-0.15, -0.1) is 0 Å². The number of nitro groups is 1. The molecule has 34 heavy (non-hydrogen) atoms. The van der Waals surface area contributed by atoms with Crippen molar-refractivity contribution in [2.75, 3.05) is 5.32 Å². The average Bonchev–Trinajstić information content (AvgIpc) is 3.23. The van der Waals surface area contributed by atoms with E-state index in [0.29, 0.717) is 5.69 Å². The van der Waals surface area contributed by atoms with E-state index in [4.69, 9.17) is 4.74 Å². The SMILES string of the molecule is Cc1c(NC(=O)OCc2ccccc2)cccc1C(c1c[nH]c2cc(Br)ccc12)C(C)[N+](=O)[O-]. The zero-order valence-corrected chi connectivity index (χ0v) is 20.3. The molecule has 3 aromatic carbocycles. The predicted octanol–water partition coefficient (Wildman–Crippen LogP) is 6.78. The number of hydrogen-bond donors (Lipinski definition) is 2. The van der Waals surface area contributed by atoms with Gasteiger partial charge in [0.25, 0.3) is 0 Å². The molecule has 0 aliphatic heterocycles. The zero-order valence-electron chi connectivity index (χ0n) is 18.7. The fourth-order valence-electron chi connectivity index (χ4n) is 4.18. The molecule has 0 aliphatic rings. The highest BCUT2D eigenvalue weighted by Crippen LogP contribution is 2.38. The van der Waals surface area contributed by atoms with E-state index in [9.17, 15) is 14.9 Å². The lowest BCUT2D eigenvalue weighted by atomic mass is 9.83. The van der Waals surface area contributed by atoms with Crippen molar-refractivity contribution in [3.63, 3.8) is 0 Å². The second-order valence-electron chi connectivity index (χ2n) is 8.14. The first-order valence-electron chi connectivity index (χ1n) is 10.8. The molecule has 0 saturated carbocycles. The predicted molar refractivity (Wildman–Crippen MR) is 136 cm³/mol. The summed E-state index contributed by atoms with van der Waals surface area (Å²) in [5.41, 5.74) is 4.69. The maximum Gasteiger partial charge on any atom is 0.411 e. The van der Waals surface area contributed by atoms with Crippen LogP contribution in [0.3, 0.4) is 0 Å². The second-order valence-corrected chi connectivity index (χ2v) is 9.06. The quantitative estimate of drug-likeness (QED) is 0.206. The second kappa shape index (κ2) is 10.1. The Morgan fingerprint density at radius 3 is 2.62 bits per heavy atom. The number of fused-ring (bicyclic) bond motifs is 1. The first-order chi connectivity index (χ1) is 16.3. The van der Waals surface area contributed by atoms with Crippen molar-refractivity contribution >= 4 is 38.6 Å². The first-order valence-corrected chi connectivity index (χ1v) is 11.6. The smallest absolute Gasteiger partial charge is 0.411 e. The maximum atomic E-state index is 12.4. The number of aromatic amines is 1. The van der Waals surface area contributed by atoms with Crippen LogP contribution in [0.4, 0.5) is 10.5 Å². The van der Waals surface area contributed by atoms with Gasteiger partial charge in [-0.25, -0.2) is 4.79 Å². The number of benzene rings is 3. The Morgan fingerprint density at radius 1 is 1.12 bits per heavy atom. The number of anilines is 1. The molecule has 0 saturated heterocycles. The summed E-state index contributed by atoms with van der Waals surface area (Å²) < 4.78 is 6.27. The van der Waals surface area contributed by atoms with Crippen LogP contribution in [-0.2, 0) is 11.3 Å². The van der Waals surface area contributed by atoms with E-state index in [1.807, 2.05) is 67.7 Å². The van der Waals surface area contributed by atoms with E-state index in [2.05, 4.69) is 26.2 Å². The van der Waals surface area contributed by atoms with Gasteiger partial charge in [-0.1, -0.05) is 64.5 Å². The molecule has 174 valence electrons. The van der Waals surface area contributed by atoms with Crippen molar-refractivity contribution < 1.29 is 14.5 Å². The number of carbonyl (C=O) groups is 1. The minimum absolute atomic E-state index is 0.150. The van der Waals surface area contributed by atoms with Gasteiger partial charge < -0.3 is 9.72 Å². The Kier molecular flexibility index (Phi) is 6.98. The lowest BCUT2D eigenvalue weighted by Crippen LogP contribution is -2.26. The summed E-state index contributed by atoms with van der Waals surface area (Å²) in [7, 11) is 0. The van der Waals surface area contributed by atoms with Gasteiger partial charge in [0.15, 0.2) is 0 Å². The fourth-order valence-corrected chi connectivity index (χ4v) is 4.54. The molecule has 1 amide bonds. The summed E-state index contributed by atoms with van der Waals surface area (Å²) in [6, 6.07) is 19.8. The molecule has 4 aromatic rings. The number of nitrogens with one attached hydrogen (secondary N) is 2. The van der Waals surface area contributed by atoms with Gasteiger partial charge in [-0.2, -0.15) is 0 Å². The van der Waals surface area contributed by atoms with Gasteiger partial charge in [0.1, 0.15) is 6.61 Å². The molecule has 1 heterocycles. The molecule has 0 aliphatic carbocycles. The molecular formula is C26H24BrN3O4. The summed E-state index contributed by atoms with van der Waals surface area (Å²) in [4.78, 5) is 27.3. The van der Waals surface area contributed by atoms with E-state index in [-0.39, 0.29) is 11.5 Å². The summed E-state index contributed by atoms with van der Waals surface area (Å²) in [6.07, 6.45) is 1.25. The zero-order chi connectivity index (χ0) is 24.2. The molecular weight excluding hydrogens is 498 g/mol.